The molecule has 120 valence electrons. The minimum atomic E-state index is -0.241. The number of carbonyl (C=O) groups is 1. The van der Waals surface area contributed by atoms with Crippen LogP contribution in [0.15, 0.2) is 61.2 Å². The van der Waals surface area contributed by atoms with Gasteiger partial charge in [-0.05, 0) is 18.6 Å². The summed E-state index contributed by atoms with van der Waals surface area (Å²) >= 11 is 0. The molecule has 2 aromatic rings. The van der Waals surface area contributed by atoms with Crippen molar-refractivity contribution in [2.75, 3.05) is 13.7 Å². The van der Waals surface area contributed by atoms with Crippen molar-refractivity contribution in [3.05, 3.63) is 77.9 Å². The van der Waals surface area contributed by atoms with E-state index >= 15 is 0 Å². The van der Waals surface area contributed by atoms with Gasteiger partial charge in [-0.2, -0.15) is 0 Å². The van der Waals surface area contributed by atoms with E-state index in [9.17, 15) is 4.79 Å². The van der Waals surface area contributed by atoms with Gasteiger partial charge in [0.25, 0.3) is 0 Å². The average Bonchev–Trinajstić information content (AvgIpc) is 2.59. The highest BCUT2D eigenvalue weighted by atomic mass is 16.5. The van der Waals surface area contributed by atoms with E-state index in [1.54, 1.807) is 6.08 Å². The van der Waals surface area contributed by atoms with E-state index in [1.165, 1.54) is 7.11 Å². The van der Waals surface area contributed by atoms with E-state index in [-0.39, 0.29) is 18.3 Å². The Morgan fingerprint density at radius 1 is 1.22 bits per heavy atom. The van der Waals surface area contributed by atoms with Gasteiger partial charge < -0.3 is 9.47 Å². The summed E-state index contributed by atoms with van der Waals surface area (Å²) in [4.78, 5) is 11.9. The van der Waals surface area contributed by atoms with E-state index in [2.05, 4.69) is 12.6 Å². The first-order chi connectivity index (χ1) is 11.2. The summed E-state index contributed by atoms with van der Waals surface area (Å²) in [5, 5.41) is 0. The van der Waals surface area contributed by atoms with Gasteiger partial charge in [0, 0.05) is 11.5 Å². The molecule has 1 unspecified atom stereocenters. The third-order valence-electron chi connectivity index (χ3n) is 3.70. The van der Waals surface area contributed by atoms with Crippen LogP contribution in [-0.4, -0.2) is 19.7 Å². The third-order valence-corrected chi connectivity index (χ3v) is 3.70. The summed E-state index contributed by atoms with van der Waals surface area (Å²) in [5.74, 6) is 0.423. The second-order valence-corrected chi connectivity index (χ2v) is 5.38. The minimum absolute atomic E-state index is 0.108. The average molecular weight is 310 g/mol. The van der Waals surface area contributed by atoms with Gasteiger partial charge in [0.05, 0.1) is 13.5 Å². The van der Waals surface area contributed by atoms with Crippen LogP contribution in [0.2, 0.25) is 0 Å². The molecule has 0 bridgehead atoms. The molecule has 2 aromatic carbocycles. The van der Waals surface area contributed by atoms with Crippen LogP contribution in [0.25, 0.3) is 0 Å². The molecule has 0 saturated heterocycles. The van der Waals surface area contributed by atoms with Crippen molar-refractivity contribution in [1.82, 2.24) is 0 Å². The molecule has 0 spiro atoms. The van der Waals surface area contributed by atoms with Crippen LogP contribution < -0.4 is 4.74 Å². The lowest BCUT2D eigenvalue weighted by Crippen LogP contribution is -2.12. The Balaban J connectivity index is 2.47. The first-order valence-electron chi connectivity index (χ1n) is 7.61. The van der Waals surface area contributed by atoms with Gasteiger partial charge in [-0.1, -0.05) is 60.7 Å². The van der Waals surface area contributed by atoms with Gasteiger partial charge >= 0.3 is 5.97 Å². The van der Waals surface area contributed by atoms with E-state index in [1.807, 2.05) is 49.4 Å². The number of methoxy groups -OCH3 is 1. The Morgan fingerprint density at radius 2 is 1.96 bits per heavy atom. The van der Waals surface area contributed by atoms with Crippen molar-refractivity contribution in [3.8, 4) is 5.75 Å². The predicted molar refractivity (Wildman–Crippen MR) is 91.8 cm³/mol. The van der Waals surface area contributed by atoms with Crippen LogP contribution in [0.5, 0.6) is 5.75 Å². The number of ether oxygens (including phenoxy) is 2. The van der Waals surface area contributed by atoms with E-state index in [4.69, 9.17) is 9.47 Å². The summed E-state index contributed by atoms with van der Waals surface area (Å²) < 4.78 is 10.7. The Hall–Kier alpha value is -2.55. The maximum Gasteiger partial charge on any atom is 0.306 e. The van der Waals surface area contributed by atoms with Crippen molar-refractivity contribution in [1.29, 1.82) is 0 Å². The largest absolute Gasteiger partial charge is 0.489 e. The summed E-state index contributed by atoms with van der Waals surface area (Å²) in [7, 11) is 1.41. The van der Waals surface area contributed by atoms with Gasteiger partial charge in [0.15, 0.2) is 0 Å². The monoisotopic (exact) mass is 310 g/mol. The fourth-order valence-corrected chi connectivity index (χ4v) is 2.56. The SMILES string of the molecule is C=CCOc1ccc(C)cc1C(CC(=O)OC)c1ccccc1. The highest BCUT2D eigenvalue weighted by Gasteiger charge is 2.22. The van der Waals surface area contributed by atoms with Gasteiger partial charge in [-0.3, -0.25) is 4.79 Å². The predicted octanol–water partition coefficient (Wildman–Crippen LogP) is 4.25. The molecule has 0 heterocycles. The van der Waals surface area contributed by atoms with Crippen LogP contribution in [-0.2, 0) is 9.53 Å². The molecule has 3 heteroatoms. The van der Waals surface area contributed by atoms with Crippen molar-refractivity contribution < 1.29 is 14.3 Å². The Bertz CT molecular complexity index is 662. The molecule has 0 aliphatic heterocycles. The highest BCUT2D eigenvalue weighted by Crippen LogP contribution is 2.35. The van der Waals surface area contributed by atoms with Gasteiger partial charge in [0.1, 0.15) is 12.4 Å². The fraction of sp³-hybridized carbons (Fsp3) is 0.250. The standard InChI is InChI=1S/C20H22O3/c1-4-12-23-19-11-10-15(2)13-18(19)17(14-20(21)22-3)16-8-6-5-7-9-16/h4-11,13,17H,1,12,14H2,2-3H3. The van der Waals surface area contributed by atoms with Gasteiger partial charge in [-0.25, -0.2) is 0 Å². The summed E-state index contributed by atoms with van der Waals surface area (Å²) in [6.07, 6.45) is 1.98. The van der Waals surface area contributed by atoms with Crippen LogP contribution in [0.4, 0.5) is 0 Å². The molecule has 3 nitrogen and oxygen atoms in total. The van der Waals surface area contributed by atoms with E-state index in [0.29, 0.717) is 6.61 Å². The van der Waals surface area contributed by atoms with Crippen molar-refractivity contribution in [2.24, 2.45) is 0 Å². The second-order valence-electron chi connectivity index (χ2n) is 5.38. The Labute approximate surface area is 137 Å². The third kappa shape index (κ3) is 4.46. The molecule has 0 aromatic heterocycles. The maximum absolute atomic E-state index is 11.9. The molecule has 2 rings (SSSR count). The second kappa shape index (κ2) is 8.18. The van der Waals surface area contributed by atoms with Crippen LogP contribution in [0.3, 0.4) is 0 Å². The summed E-state index contributed by atoms with van der Waals surface area (Å²) in [6, 6.07) is 16.0. The number of hydrogen-bond donors (Lipinski definition) is 0. The Kier molecular flexibility index (Phi) is 5.98. The van der Waals surface area contributed by atoms with E-state index < -0.39 is 0 Å². The number of carbonyl (C=O) groups excluding carboxylic acids is 1. The Morgan fingerprint density at radius 3 is 2.61 bits per heavy atom. The topological polar surface area (TPSA) is 35.5 Å². The summed E-state index contributed by atoms with van der Waals surface area (Å²) in [5.41, 5.74) is 3.17. The lowest BCUT2D eigenvalue weighted by molar-refractivity contribution is -0.140. The molecule has 0 aliphatic carbocycles. The number of aryl methyl sites for hydroxylation is 1. The molecule has 0 fully saturated rings. The molecule has 0 N–H and O–H groups in total. The first-order valence-corrected chi connectivity index (χ1v) is 7.61. The van der Waals surface area contributed by atoms with Gasteiger partial charge in [0.2, 0.25) is 0 Å². The van der Waals surface area contributed by atoms with Crippen LogP contribution in [0.1, 0.15) is 29.0 Å². The molecule has 23 heavy (non-hydrogen) atoms. The molecule has 0 saturated carbocycles. The lowest BCUT2D eigenvalue weighted by atomic mass is 9.87. The highest BCUT2D eigenvalue weighted by molar-refractivity contribution is 5.71. The molecular formula is C20H22O3. The number of esters is 1. The zero-order valence-corrected chi connectivity index (χ0v) is 13.6. The molecule has 0 aliphatic rings. The van der Waals surface area contributed by atoms with Crippen LogP contribution >= 0.6 is 0 Å². The van der Waals surface area contributed by atoms with Crippen molar-refractivity contribution >= 4 is 5.97 Å². The molecule has 0 radical (unpaired) electrons. The van der Waals surface area contributed by atoms with Gasteiger partial charge in [-0.15, -0.1) is 0 Å². The number of rotatable bonds is 7. The zero-order valence-electron chi connectivity index (χ0n) is 13.6. The maximum atomic E-state index is 11.9. The smallest absolute Gasteiger partial charge is 0.306 e. The van der Waals surface area contributed by atoms with E-state index in [0.717, 1.165) is 22.4 Å². The van der Waals surface area contributed by atoms with Crippen molar-refractivity contribution in [3.63, 3.8) is 0 Å². The quantitative estimate of drug-likeness (QED) is 0.566. The minimum Gasteiger partial charge on any atom is -0.489 e. The number of hydrogen-bond acceptors (Lipinski definition) is 3. The fourth-order valence-electron chi connectivity index (χ4n) is 2.56. The number of benzene rings is 2. The first kappa shape index (κ1) is 16.8. The summed E-state index contributed by atoms with van der Waals surface area (Å²) in [6.45, 7) is 6.14. The molecule has 0 amide bonds. The van der Waals surface area contributed by atoms with Crippen LogP contribution in [0, 0.1) is 6.92 Å². The normalized spacial score (nSPS) is 11.6. The molecule has 1 atom stereocenters. The zero-order chi connectivity index (χ0) is 16.7. The lowest BCUT2D eigenvalue weighted by Gasteiger charge is -2.21. The molecular weight excluding hydrogens is 288 g/mol. The van der Waals surface area contributed by atoms with Crippen molar-refractivity contribution in [2.45, 2.75) is 19.3 Å².